The Kier molecular flexibility index (Phi) is 6.18. The molecule has 34 heavy (non-hydrogen) atoms. The third kappa shape index (κ3) is 4.03. The number of nitro groups is 1. The zero-order valence-corrected chi connectivity index (χ0v) is 18.8. The number of hydrogen-bond donors (Lipinski definition) is 1. The first kappa shape index (κ1) is 22.8. The highest BCUT2D eigenvalue weighted by molar-refractivity contribution is 6.04. The van der Waals surface area contributed by atoms with E-state index >= 15 is 0 Å². The number of hydrogen-bond acceptors (Lipinski definition) is 6. The number of anilines is 1. The lowest BCUT2D eigenvalue weighted by atomic mass is 9.79. The molecule has 0 aliphatic carbocycles. The Labute approximate surface area is 196 Å². The number of rotatable bonds is 6. The van der Waals surface area contributed by atoms with Crippen LogP contribution in [0.25, 0.3) is 0 Å². The van der Waals surface area contributed by atoms with Gasteiger partial charge in [-0.05, 0) is 35.4 Å². The lowest BCUT2D eigenvalue weighted by molar-refractivity contribution is -0.384. The average Bonchev–Trinajstić information content (AvgIpc) is 2.86. The molecule has 3 aromatic rings. The highest BCUT2D eigenvalue weighted by atomic mass is 16.6. The molecule has 0 aromatic heterocycles. The van der Waals surface area contributed by atoms with Gasteiger partial charge in [0.15, 0.2) is 0 Å². The van der Waals surface area contributed by atoms with Gasteiger partial charge in [-0.2, -0.15) is 0 Å². The number of likely N-dealkylation sites (N-methyl/N-ethyl adjacent to an activating group) is 1. The lowest BCUT2D eigenvalue weighted by Crippen LogP contribution is -2.44. The van der Waals surface area contributed by atoms with Crippen LogP contribution in [0.2, 0.25) is 0 Å². The minimum atomic E-state index is -0.781. The van der Waals surface area contributed by atoms with Gasteiger partial charge in [0.05, 0.1) is 36.8 Å². The minimum absolute atomic E-state index is 0.173. The molecule has 0 saturated carbocycles. The standard InChI is InChI=1S/C25H23N3O6/c1-27-23(15-8-11-17(33-2)12-9-15)22(18-6-4-5-7-19(18)25(27)30)24(29)26-20-14-16(28(31)32)10-13-21(20)34-3/h4-14,22-23H,1-3H3,(H,26,29)/t22-,23-/m0/s1. The highest BCUT2D eigenvalue weighted by Gasteiger charge is 2.42. The summed E-state index contributed by atoms with van der Waals surface area (Å²) < 4.78 is 10.5. The molecule has 0 bridgehead atoms. The molecule has 9 nitrogen and oxygen atoms in total. The van der Waals surface area contributed by atoms with Gasteiger partial charge in [-0.15, -0.1) is 0 Å². The second kappa shape index (κ2) is 9.22. The number of non-ortho nitro benzene ring substituents is 1. The smallest absolute Gasteiger partial charge is 0.271 e. The number of amides is 2. The van der Waals surface area contributed by atoms with Crippen molar-refractivity contribution in [3.8, 4) is 11.5 Å². The van der Waals surface area contributed by atoms with E-state index in [1.54, 1.807) is 55.5 Å². The van der Waals surface area contributed by atoms with E-state index in [0.717, 1.165) is 5.56 Å². The molecule has 1 aliphatic heterocycles. The Morgan fingerprint density at radius 3 is 2.38 bits per heavy atom. The molecule has 9 heteroatoms. The summed E-state index contributed by atoms with van der Waals surface area (Å²) in [5.41, 5.74) is 1.75. The van der Waals surface area contributed by atoms with Crippen LogP contribution in [-0.4, -0.2) is 42.9 Å². The largest absolute Gasteiger partial charge is 0.497 e. The molecule has 0 unspecified atom stereocenters. The molecule has 0 fully saturated rings. The van der Waals surface area contributed by atoms with Crippen molar-refractivity contribution in [2.75, 3.05) is 26.6 Å². The second-order valence-corrected chi connectivity index (χ2v) is 7.83. The molecular weight excluding hydrogens is 438 g/mol. The van der Waals surface area contributed by atoms with E-state index in [-0.39, 0.29) is 23.0 Å². The molecule has 0 radical (unpaired) electrons. The summed E-state index contributed by atoms with van der Waals surface area (Å²) in [6.07, 6.45) is 0. The SMILES string of the molecule is COc1ccc([C@H]2[C@@H](C(=O)Nc3cc([N+](=O)[O-])ccc3OC)c3ccccc3C(=O)N2C)cc1. The quantitative estimate of drug-likeness (QED) is 0.436. The van der Waals surface area contributed by atoms with Gasteiger partial charge in [-0.1, -0.05) is 30.3 Å². The first-order chi connectivity index (χ1) is 16.3. The maximum absolute atomic E-state index is 13.7. The summed E-state index contributed by atoms with van der Waals surface area (Å²) >= 11 is 0. The highest BCUT2D eigenvalue weighted by Crippen LogP contribution is 2.43. The van der Waals surface area contributed by atoms with E-state index in [2.05, 4.69) is 5.32 Å². The topological polar surface area (TPSA) is 111 Å². The molecule has 174 valence electrons. The monoisotopic (exact) mass is 461 g/mol. The number of nitro benzene ring substituents is 1. The Balaban J connectivity index is 1.81. The third-order valence-electron chi connectivity index (χ3n) is 5.97. The molecule has 4 rings (SSSR count). The predicted octanol–water partition coefficient (Wildman–Crippen LogP) is 4.16. The van der Waals surface area contributed by atoms with Gasteiger partial charge >= 0.3 is 0 Å². The summed E-state index contributed by atoms with van der Waals surface area (Å²) in [5.74, 6) is -0.471. The molecule has 2 amide bonds. The number of nitrogens with one attached hydrogen (secondary N) is 1. The van der Waals surface area contributed by atoms with Crippen LogP contribution in [0.4, 0.5) is 11.4 Å². The second-order valence-electron chi connectivity index (χ2n) is 7.83. The van der Waals surface area contributed by atoms with Crippen LogP contribution in [0.5, 0.6) is 11.5 Å². The van der Waals surface area contributed by atoms with E-state index in [1.807, 2.05) is 12.1 Å². The van der Waals surface area contributed by atoms with Crippen molar-refractivity contribution in [3.05, 3.63) is 93.5 Å². The van der Waals surface area contributed by atoms with Crippen molar-refractivity contribution < 1.29 is 24.0 Å². The summed E-state index contributed by atoms with van der Waals surface area (Å²) in [5, 5.41) is 14.1. The summed E-state index contributed by atoms with van der Waals surface area (Å²) in [6.45, 7) is 0. The molecule has 1 heterocycles. The molecule has 1 aliphatic rings. The van der Waals surface area contributed by atoms with Gasteiger partial charge in [-0.3, -0.25) is 19.7 Å². The molecule has 1 N–H and O–H groups in total. The van der Waals surface area contributed by atoms with Crippen LogP contribution in [0.15, 0.2) is 66.7 Å². The van der Waals surface area contributed by atoms with E-state index in [4.69, 9.17) is 9.47 Å². The first-order valence-electron chi connectivity index (χ1n) is 10.5. The predicted molar refractivity (Wildman–Crippen MR) is 125 cm³/mol. The molecule has 0 saturated heterocycles. The van der Waals surface area contributed by atoms with Crippen molar-refractivity contribution in [3.63, 3.8) is 0 Å². The van der Waals surface area contributed by atoms with Crippen molar-refractivity contribution >= 4 is 23.2 Å². The summed E-state index contributed by atoms with van der Waals surface area (Å²) in [4.78, 5) is 39.2. The van der Waals surface area contributed by atoms with E-state index in [9.17, 15) is 19.7 Å². The summed E-state index contributed by atoms with van der Waals surface area (Å²) in [6, 6.07) is 17.5. The van der Waals surface area contributed by atoms with Crippen molar-refractivity contribution in [1.82, 2.24) is 4.90 Å². The zero-order valence-electron chi connectivity index (χ0n) is 18.8. The van der Waals surface area contributed by atoms with Crippen LogP contribution < -0.4 is 14.8 Å². The van der Waals surface area contributed by atoms with Gasteiger partial charge in [0.1, 0.15) is 11.5 Å². The van der Waals surface area contributed by atoms with Gasteiger partial charge < -0.3 is 19.7 Å². The van der Waals surface area contributed by atoms with E-state index in [0.29, 0.717) is 16.9 Å². The number of carbonyl (C=O) groups excluding carboxylic acids is 2. The van der Waals surface area contributed by atoms with Gasteiger partial charge in [0.25, 0.3) is 11.6 Å². The lowest BCUT2D eigenvalue weighted by Gasteiger charge is -2.39. The normalized spacial score (nSPS) is 17.0. The molecule has 3 aromatic carbocycles. The van der Waals surface area contributed by atoms with Crippen molar-refractivity contribution in [1.29, 1.82) is 0 Å². The number of nitrogens with zero attached hydrogens (tertiary/aromatic N) is 2. The van der Waals surface area contributed by atoms with Crippen LogP contribution in [-0.2, 0) is 4.79 Å². The zero-order chi connectivity index (χ0) is 24.4. The maximum Gasteiger partial charge on any atom is 0.271 e. The Hall–Kier alpha value is -4.40. The van der Waals surface area contributed by atoms with Gasteiger partial charge in [-0.25, -0.2) is 0 Å². The Morgan fingerprint density at radius 2 is 1.74 bits per heavy atom. The minimum Gasteiger partial charge on any atom is -0.497 e. The molecular formula is C25H23N3O6. The van der Waals surface area contributed by atoms with Crippen LogP contribution in [0.3, 0.4) is 0 Å². The fraction of sp³-hybridized carbons (Fsp3) is 0.200. The van der Waals surface area contributed by atoms with Crippen molar-refractivity contribution in [2.45, 2.75) is 12.0 Å². The Morgan fingerprint density at radius 1 is 1.03 bits per heavy atom. The molecule has 2 atom stereocenters. The average molecular weight is 461 g/mol. The van der Waals surface area contributed by atoms with Crippen LogP contribution in [0, 0.1) is 10.1 Å². The Bertz CT molecular complexity index is 1260. The fourth-order valence-electron chi connectivity index (χ4n) is 4.29. The summed E-state index contributed by atoms with van der Waals surface area (Å²) in [7, 11) is 4.63. The number of ether oxygens (including phenoxy) is 2. The number of methoxy groups -OCH3 is 2. The number of fused-ring (bicyclic) bond motifs is 1. The van der Waals surface area contributed by atoms with Crippen LogP contribution in [0.1, 0.15) is 33.4 Å². The van der Waals surface area contributed by atoms with E-state index in [1.165, 1.54) is 25.3 Å². The van der Waals surface area contributed by atoms with Crippen molar-refractivity contribution in [2.24, 2.45) is 0 Å². The first-order valence-corrected chi connectivity index (χ1v) is 10.5. The maximum atomic E-state index is 13.7. The third-order valence-corrected chi connectivity index (χ3v) is 5.97. The fourth-order valence-corrected chi connectivity index (χ4v) is 4.29. The number of carbonyl (C=O) groups is 2. The molecule has 0 spiro atoms. The van der Waals surface area contributed by atoms with Crippen LogP contribution >= 0.6 is 0 Å². The van der Waals surface area contributed by atoms with Gasteiger partial charge in [0.2, 0.25) is 5.91 Å². The van der Waals surface area contributed by atoms with Gasteiger partial charge in [0, 0.05) is 24.7 Å². The van der Waals surface area contributed by atoms with E-state index < -0.39 is 22.8 Å². The number of benzene rings is 3.